The second-order valence-electron chi connectivity index (χ2n) is 5.52. The molecule has 0 amide bonds. The van der Waals surface area contributed by atoms with Crippen LogP contribution in [0.2, 0.25) is 0 Å². The van der Waals surface area contributed by atoms with Crippen molar-refractivity contribution in [3.8, 4) is 0 Å². The maximum atomic E-state index is 11.8. The van der Waals surface area contributed by atoms with Crippen molar-refractivity contribution in [2.75, 3.05) is 0 Å². The predicted molar refractivity (Wildman–Crippen MR) is 74.8 cm³/mol. The summed E-state index contributed by atoms with van der Waals surface area (Å²) < 4.78 is 0.722. The van der Waals surface area contributed by atoms with Crippen LogP contribution in [-0.2, 0) is 11.8 Å². The number of nitrogens with one attached hydrogen (secondary N) is 1. The minimum atomic E-state index is -0.116. The minimum absolute atomic E-state index is 0.0174. The molecule has 1 N–H and O–H groups in total. The van der Waals surface area contributed by atoms with Crippen LogP contribution in [0.3, 0.4) is 0 Å². The van der Waals surface area contributed by atoms with Crippen LogP contribution in [0.1, 0.15) is 46.1 Å². The molecule has 0 atom stereocenters. The summed E-state index contributed by atoms with van der Waals surface area (Å²) in [6, 6.07) is 0. The van der Waals surface area contributed by atoms with Crippen molar-refractivity contribution in [2.24, 2.45) is 5.92 Å². The lowest BCUT2D eigenvalue weighted by Gasteiger charge is -2.18. The first-order chi connectivity index (χ1) is 7.21. The Morgan fingerprint density at radius 3 is 2.38 bits per heavy atom. The molecular weight excluding hydrogens is 315 g/mol. The second-order valence-corrected chi connectivity index (χ2v) is 6.60. The van der Waals surface area contributed by atoms with E-state index >= 15 is 0 Å². The van der Waals surface area contributed by atoms with Gasteiger partial charge in [0.05, 0.1) is 9.26 Å². The summed E-state index contributed by atoms with van der Waals surface area (Å²) in [4.78, 5) is 19.2. The number of aromatic nitrogens is 2. The van der Waals surface area contributed by atoms with E-state index in [0.717, 1.165) is 21.5 Å². The van der Waals surface area contributed by atoms with Crippen LogP contribution in [0.15, 0.2) is 4.79 Å². The van der Waals surface area contributed by atoms with E-state index in [1.165, 1.54) is 0 Å². The third-order valence-corrected chi connectivity index (χ3v) is 3.36. The Morgan fingerprint density at radius 1 is 1.38 bits per heavy atom. The Labute approximate surface area is 110 Å². The van der Waals surface area contributed by atoms with Gasteiger partial charge in [0.1, 0.15) is 5.82 Å². The smallest absolute Gasteiger partial charge is 0.264 e. The summed E-state index contributed by atoms with van der Waals surface area (Å²) in [5.41, 5.74) is 0.787. The average molecular weight is 334 g/mol. The number of rotatable bonds is 2. The number of hydrogen-bond acceptors (Lipinski definition) is 2. The lowest BCUT2D eigenvalue weighted by atomic mass is 9.95. The largest absolute Gasteiger partial charge is 0.309 e. The molecule has 0 aliphatic carbocycles. The molecule has 0 spiro atoms. The van der Waals surface area contributed by atoms with Gasteiger partial charge >= 0.3 is 0 Å². The van der Waals surface area contributed by atoms with Crippen molar-refractivity contribution in [1.29, 1.82) is 0 Å². The summed E-state index contributed by atoms with van der Waals surface area (Å²) in [6.07, 6.45) is 0.852. The van der Waals surface area contributed by atoms with Crippen LogP contribution in [-0.4, -0.2) is 9.97 Å². The maximum Gasteiger partial charge on any atom is 0.264 e. The molecule has 1 aromatic rings. The maximum absolute atomic E-state index is 11.8. The minimum Gasteiger partial charge on any atom is -0.309 e. The fourth-order valence-corrected chi connectivity index (χ4v) is 1.86. The molecule has 0 fully saturated rings. The van der Waals surface area contributed by atoms with E-state index in [1.807, 2.05) is 0 Å². The van der Waals surface area contributed by atoms with E-state index < -0.39 is 0 Å². The molecule has 0 unspecified atom stereocenters. The molecule has 4 heteroatoms. The molecule has 0 radical (unpaired) electrons. The fourth-order valence-electron chi connectivity index (χ4n) is 1.38. The number of H-pyrrole nitrogens is 1. The molecule has 90 valence electrons. The van der Waals surface area contributed by atoms with Crippen molar-refractivity contribution < 1.29 is 0 Å². The van der Waals surface area contributed by atoms with Gasteiger partial charge in [0.25, 0.3) is 5.56 Å². The Hall–Kier alpha value is -0.390. The van der Waals surface area contributed by atoms with E-state index in [4.69, 9.17) is 0 Å². The summed E-state index contributed by atoms with van der Waals surface area (Å²) in [5.74, 6) is 1.28. The first-order valence-electron chi connectivity index (χ1n) is 5.51. The van der Waals surface area contributed by atoms with Crippen LogP contribution in [0.25, 0.3) is 0 Å². The zero-order valence-corrected chi connectivity index (χ0v) is 12.7. The van der Waals surface area contributed by atoms with Crippen molar-refractivity contribution in [3.05, 3.63) is 25.4 Å². The van der Waals surface area contributed by atoms with E-state index in [1.54, 1.807) is 0 Å². The molecule has 0 bridgehead atoms. The molecule has 1 rings (SSSR count). The molecule has 0 aromatic carbocycles. The van der Waals surface area contributed by atoms with Crippen LogP contribution in [0.4, 0.5) is 0 Å². The zero-order valence-electron chi connectivity index (χ0n) is 10.5. The third-order valence-electron chi connectivity index (χ3n) is 2.24. The SMILES string of the molecule is CC(C)Cc1nc(C(C)(C)C)[nH]c(=O)c1I. The topological polar surface area (TPSA) is 45.8 Å². The van der Waals surface area contributed by atoms with Crippen LogP contribution in [0, 0.1) is 9.49 Å². The number of nitrogens with zero attached hydrogens (tertiary/aromatic N) is 1. The Kier molecular flexibility index (Phi) is 4.15. The van der Waals surface area contributed by atoms with E-state index in [-0.39, 0.29) is 11.0 Å². The van der Waals surface area contributed by atoms with E-state index in [9.17, 15) is 4.79 Å². The van der Waals surface area contributed by atoms with Crippen LogP contribution >= 0.6 is 22.6 Å². The first-order valence-corrected chi connectivity index (χ1v) is 6.59. The fraction of sp³-hybridized carbons (Fsp3) is 0.667. The molecule has 0 aliphatic heterocycles. The van der Waals surface area contributed by atoms with Gasteiger partial charge < -0.3 is 4.98 Å². The summed E-state index contributed by atoms with van der Waals surface area (Å²) >= 11 is 2.08. The highest BCUT2D eigenvalue weighted by Gasteiger charge is 2.19. The highest BCUT2D eigenvalue weighted by molar-refractivity contribution is 14.1. The zero-order chi connectivity index (χ0) is 12.5. The lowest BCUT2D eigenvalue weighted by molar-refractivity contribution is 0.530. The van der Waals surface area contributed by atoms with Crippen molar-refractivity contribution in [3.63, 3.8) is 0 Å². The average Bonchev–Trinajstić information content (AvgIpc) is 2.10. The van der Waals surface area contributed by atoms with Crippen molar-refractivity contribution in [1.82, 2.24) is 9.97 Å². The first kappa shape index (κ1) is 13.7. The van der Waals surface area contributed by atoms with Gasteiger partial charge in [-0.3, -0.25) is 4.79 Å². The summed E-state index contributed by atoms with van der Waals surface area (Å²) in [7, 11) is 0. The Balaban J connectivity index is 3.28. The predicted octanol–water partition coefficient (Wildman–Crippen LogP) is 2.87. The molecule has 16 heavy (non-hydrogen) atoms. The Bertz CT molecular complexity index is 430. The standard InChI is InChI=1S/C12H19IN2O/c1-7(2)6-8-9(13)10(16)15-11(14-8)12(3,4)5/h7H,6H2,1-5H3,(H,14,15,16). The quantitative estimate of drug-likeness (QED) is 0.846. The number of aromatic amines is 1. The van der Waals surface area contributed by atoms with Gasteiger partial charge in [-0.05, 0) is 34.9 Å². The number of halogens is 1. The molecule has 3 nitrogen and oxygen atoms in total. The molecule has 0 saturated heterocycles. The molecule has 1 aromatic heterocycles. The van der Waals surface area contributed by atoms with Crippen molar-refractivity contribution >= 4 is 22.6 Å². The highest BCUT2D eigenvalue weighted by Crippen LogP contribution is 2.19. The molecule has 0 saturated carbocycles. The van der Waals surface area contributed by atoms with Gasteiger partial charge in [0, 0.05) is 5.41 Å². The van der Waals surface area contributed by atoms with Gasteiger partial charge in [-0.25, -0.2) is 4.98 Å². The van der Waals surface area contributed by atoms with E-state index in [0.29, 0.717) is 5.92 Å². The van der Waals surface area contributed by atoms with Gasteiger partial charge in [-0.2, -0.15) is 0 Å². The van der Waals surface area contributed by atoms with Gasteiger partial charge in [0.2, 0.25) is 0 Å². The highest BCUT2D eigenvalue weighted by atomic mass is 127. The molecule has 0 aliphatic rings. The van der Waals surface area contributed by atoms with Gasteiger partial charge in [0.15, 0.2) is 0 Å². The monoisotopic (exact) mass is 334 g/mol. The Morgan fingerprint density at radius 2 is 1.94 bits per heavy atom. The summed E-state index contributed by atoms with van der Waals surface area (Å²) in [6.45, 7) is 10.4. The van der Waals surface area contributed by atoms with Gasteiger partial charge in [-0.1, -0.05) is 34.6 Å². The third kappa shape index (κ3) is 3.30. The van der Waals surface area contributed by atoms with Crippen LogP contribution < -0.4 is 5.56 Å². The van der Waals surface area contributed by atoms with Crippen LogP contribution in [0.5, 0.6) is 0 Å². The normalized spacial score (nSPS) is 12.2. The van der Waals surface area contributed by atoms with Crippen molar-refractivity contribution in [2.45, 2.75) is 46.5 Å². The second kappa shape index (κ2) is 4.85. The number of hydrogen-bond donors (Lipinski definition) is 1. The molecule has 1 heterocycles. The molecular formula is C12H19IN2O. The van der Waals surface area contributed by atoms with E-state index in [2.05, 4.69) is 67.2 Å². The summed E-state index contributed by atoms with van der Waals surface area (Å²) in [5, 5.41) is 0. The lowest BCUT2D eigenvalue weighted by Crippen LogP contribution is -2.26. The van der Waals surface area contributed by atoms with Gasteiger partial charge in [-0.15, -0.1) is 0 Å².